The molecule has 22 heavy (non-hydrogen) atoms. The molecule has 2 unspecified atom stereocenters. The van der Waals surface area contributed by atoms with Crippen molar-refractivity contribution < 1.29 is 9.90 Å². The van der Waals surface area contributed by atoms with Crippen molar-refractivity contribution in [3.63, 3.8) is 0 Å². The fourth-order valence-electron chi connectivity index (χ4n) is 3.08. The van der Waals surface area contributed by atoms with Crippen LogP contribution in [0.3, 0.4) is 0 Å². The number of amides is 2. The molecule has 2 N–H and O–H groups in total. The molecule has 0 bridgehead atoms. The number of aromatic nitrogens is 2. The molecule has 1 fully saturated rings. The Bertz CT molecular complexity index is 484. The number of urea groups is 1. The Hall–Kier alpha value is -1.56. The molecule has 2 amide bonds. The van der Waals surface area contributed by atoms with Gasteiger partial charge in [0.05, 0.1) is 0 Å². The zero-order valence-corrected chi connectivity index (χ0v) is 13.8. The highest BCUT2D eigenvalue weighted by Gasteiger charge is 2.31. The number of carbonyl (C=O) groups excluding carboxylic acids is 1. The number of imidazole rings is 1. The Kier molecular flexibility index (Phi) is 5.83. The monoisotopic (exact) mass is 308 g/mol. The van der Waals surface area contributed by atoms with E-state index in [0.717, 1.165) is 32.2 Å². The predicted molar refractivity (Wildman–Crippen MR) is 85.4 cm³/mol. The van der Waals surface area contributed by atoms with Crippen molar-refractivity contribution in [2.45, 2.75) is 51.7 Å². The van der Waals surface area contributed by atoms with Crippen LogP contribution in [0.25, 0.3) is 0 Å². The van der Waals surface area contributed by atoms with Crippen LogP contribution in [0.1, 0.15) is 51.5 Å². The van der Waals surface area contributed by atoms with Crippen LogP contribution < -0.4 is 5.32 Å². The molecule has 1 aromatic rings. The first kappa shape index (κ1) is 16.8. The van der Waals surface area contributed by atoms with Crippen molar-refractivity contribution in [1.82, 2.24) is 19.8 Å². The van der Waals surface area contributed by atoms with Gasteiger partial charge in [-0.2, -0.15) is 0 Å². The molecule has 124 valence electrons. The second kappa shape index (κ2) is 7.63. The Morgan fingerprint density at radius 3 is 2.82 bits per heavy atom. The summed E-state index contributed by atoms with van der Waals surface area (Å²) in [5.74, 6) is 0.717. The SMILES string of the molecule is CCC(CC)NC(=O)N1CCCC(C(O)c2nccn2C)C1. The van der Waals surface area contributed by atoms with E-state index in [0.29, 0.717) is 12.4 Å². The van der Waals surface area contributed by atoms with Gasteiger partial charge in [-0.05, 0) is 25.7 Å². The van der Waals surface area contributed by atoms with Crippen LogP contribution in [0.5, 0.6) is 0 Å². The summed E-state index contributed by atoms with van der Waals surface area (Å²) in [6.07, 6.45) is 6.62. The van der Waals surface area contributed by atoms with Crippen molar-refractivity contribution in [1.29, 1.82) is 0 Å². The minimum absolute atomic E-state index is 0.00885. The topological polar surface area (TPSA) is 70.4 Å². The van der Waals surface area contributed by atoms with Crippen LogP contribution in [0.15, 0.2) is 12.4 Å². The number of rotatable bonds is 5. The second-order valence-electron chi connectivity index (χ2n) is 6.15. The lowest BCUT2D eigenvalue weighted by Gasteiger charge is -2.35. The highest BCUT2D eigenvalue weighted by molar-refractivity contribution is 5.74. The van der Waals surface area contributed by atoms with E-state index in [1.54, 1.807) is 6.20 Å². The number of nitrogens with one attached hydrogen (secondary N) is 1. The van der Waals surface area contributed by atoms with E-state index in [-0.39, 0.29) is 18.0 Å². The summed E-state index contributed by atoms with van der Waals surface area (Å²) in [6.45, 7) is 5.51. The molecule has 1 aromatic heterocycles. The fourth-order valence-corrected chi connectivity index (χ4v) is 3.08. The molecule has 6 nitrogen and oxygen atoms in total. The number of likely N-dealkylation sites (tertiary alicyclic amines) is 1. The fraction of sp³-hybridized carbons (Fsp3) is 0.750. The molecular formula is C16H28N4O2. The van der Waals surface area contributed by atoms with E-state index in [2.05, 4.69) is 24.1 Å². The van der Waals surface area contributed by atoms with Gasteiger partial charge in [-0.25, -0.2) is 9.78 Å². The number of hydrogen-bond acceptors (Lipinski definition) is 3. The van der Waals surface area contributed by atoms with E-state index >= 15 is 0 Å². The molecule has 6 heteroatoms. The van der Waals surface area contributed by atoms with Gasteiger partial charge in [-0.1, -0.05) is 13.8 Å². The molecule has 2 rings (SSSR count). The maximum atomic E-state index is 12.4. The summed E-state index contributed by atoms with van der Waals surface area (Å²) in [7, 11) is 1.88. The lowest BCUT2D eigenvalue weighted by molar-refractivity contribution is 0.0527. The Morgan fingerprint density at radius 1 is 1.50 bits per heavy atom. The summed E-state index contributed by atoms with van der Waals surface area (Å²) in [5, 5.41) is 13.6. The van der Waals surface area contributed by atoms with Crippen molar-refractivity contribution in [2.75, 3.05) is 13.1 Å². The van der Waals surface area contributed by atoms with Gasteiger partial charge < -0.3 is 19.9 Å². The van der Waals surface area contributed by atoms with E-state index < -0.39 is 6.10 Å². The van der Waals surface area contributed by atoms with Crippen LogP contribution in [0.2, 0.25) is 0 Å². The molecule has 2 atom stereocenters. The Balaban J connectivity index is 1.96. The maximum absolute atomic E-state index is 12.4. The van der Waals surface area contributed by atoms with E-state index in [4.69, 9.17) is 0 Å². The average molecular weight is 308 g/mol. The standard InChI is InChI=1S/C16H28N4O2/c1-4-13(5-2)18-16(22)20-9-6-7-12(11-20)14(21)15-17-8-10-19(15)3/h8,10,12-14,21H,4-7,9,11H2,1-3H3,(H,18,22). The lowest BCUT2D eigenvalue weighted by Crippen LogP contribution is -2.49. The number of hydrogen-bond donors (Lipinski definition) is 2. The van der Waals surface area contributed by atoms with E-state index in [9.17, 15) is 9.90 Å². The molecule has 1 saturated heterocycles. The zero-order valence-electron chi connectivity index (χ0n) is 13.8. The molecule has 0 spiro atoms. The van der Waals surface area contributed by atoms with Crippen molar-refractivity contribution in [2.24, 2.45) is 13.0 Å². The van der Waals surface area contributed by atoms with Gasteiger partial charge in [-0.3, -0.25) is 0 Å². The van der Waals surface area contributed by atoms with Gasteiger partial charge in [0, 0.05) is 44.5 Å². The van der Waals surface area contributed by atoms with Gasteiger partial charge in [-0.15, -0.1) is 0 Å². The summed E-state index contributed by atoms with van der Waals surface area (Å²) < 4.78 is 1.84. The second-order valence-corrected chi connectivity index (χ2v) is 6.15. The minimum Gasteiger partial charge on any atom is -0.385 e. The van der Waals surface area contributed by atoms with Gasteiger partial charge in [0.15, 0.2) is 0 Å². The molecule has 1 aliphatic rings. The van der Waals surface area contributed by atoms with Crippen LogP contribution in [-0.2, 0) is 7.05 Å². The van der Waals surface area contributed by atoms with Crippen molar-refractivity contribution in [3.05, 3.63) is 18.2 Å². The molecule has 1 aliphatic heterocycles. The number of carbonyl (C=O) groups is 1. The molecule has 0 radical (unpaired) electrons. The summed E-state index contributed by atoms with van der Waals surface area (Å²) in [6, 6.07) is 0.220. The highest BCUT2D eigenvalue weighted by Crippen LogP contribution is 2.28. The normalized spacial score (nSPS) is 20.2. The Labute approximate surface area is 132 Å². The zero-order chi connectivity index (χ0) is 16.1. The first-order valence-corrected chi connectivity index (χ1v) is 8.27. The van der Waals surface area contributed by atoms with Gasteiger partial charge in [0.2, 0.25) is 0 Å². The minimum atomic E-state index is -0.622. The highest BCUT2D eigenvalue weighted by atomic mass is 16.3. The number of piperidine rings is 1. The maximum Gasteiger partial charge on any atom is 0.317 e. The van der Waals surface area contributed by atoms with E-state index in [1.165, 1.54) is 0 Å². The molecular weight excluding hydrogens is 280 g/mol. The van der Waals surface area contributed by atoms with Gasteiger partial charge in [0.25, 0.3) is 0 Å². The smallest absolute Gasteiger partial charge is 0.317 e. The summed E-state index contributed by atoms with van der Waals surface area (Å²) in [5.41, 5.74) is 0. The molecule has 0 aromatic carbocycles. The van der Waals surface area contributed by atoms with Crippen LogP contribution in [0, 0.1) is 5.92 Å². The van der Waals surface area contributed by atoms with Gasteiger partial charge >= 0.3 is 6.03 Å². The first-order valence-electron chi connectivity index (χ1n) is 8.27. The first-order chi connectivity index (χ1) is 10.6. The summed E-state index contributed by atoms with van der Waals surface area (Å²) in [4.78, 5) is 18.4. The Morgan fingerprint density at radius 2 is 2.23 bits per heavy atom. The van der Waals surface area contributed by atoms with Crippen molar-refractivity contribution >= 4 is 6.03 Å². The van der Waals surface area contributed by atoms with Crippen LogP contribution >= 0.6 is 0 Å². The number of aliphatic hydroxyl groups excluding tert-OH is 1. The average Bonchev–Trinajstić information content (AvgIpc) is 2.97. The largest absolute Gasteiger partial charge is 0.385 e. The third kappa shape index (κ3) is 3.80. The molecule has 0 aliphatic carbocycles. The third-order valence-electron chi connectivity index (χ3n) is 4.63. The van der Waals surface area contributed by atoms with Crippen LogP contribution in [0.4, 0.5) is 4.79 Å². The van der Waals surface area contributed by atoms with Crippen molar-refractivity contribution in [3.8, 4) is 0 Å². The van der Waals surface area contributed by atoms with E-state index in [1.807, 2.05) is 22.7 Å². The third-order valence-corrected chi connectivity index (χ3v) is 4.63. The quantitative estimate of drug-likeness (QED) is 0.875. The molecule has 2 heterocycles. The molecule has 0 saturated carbocycles. The number of aryl methyl sites for hydroxylation is 1. The number of nitrogens with zero attached hydrogens (tertiary/aromatic N) is 3. The number of aliphatic hydroxyl groups is 1. The van der Waals surface area contributed by atoms with Gasteiger partial charge in [0.1, 0.15) is 11.9 Å². The lowest BCUT2D eigenvalue weighted by atomic mass is 9.92. The predicted octanol–water partition coefficient (Wildman–Crippen LogP) is 2.06. The van der Waals surface area contributed by atoms with Crippen LogP contribution in [-0.4, -0.2) is 44.7 Å². The summed E-state index contributed by atoms with van der Waals surface area (Å²) >= 11 is 0.